The largest absolute Gasteiger partial charge is 0.471 e. The van der Waals surface area contributed by atoms with Crippen molar-refractivity contribution in [2.75, 3.05) is 14.2 Å². The Morgan fingerprint density at radius 2 is 0.778 bits per heavy atom. The minimum Gasteiger partial charge on any atom is -0.471 e. The molecular weight excluding hydrogens is 498 g/mol. The zero-order chi connectivity index (χ0) is 27.9. The third-order valence-electron chi connectivity index (χ3n) is 4.63. The highest BCUT2D eigenvalue weighted by Gasteiger charge is 2.32. The molecule has 0 heterocycles. The molecule has 0 saturated heterocycles. The van der Waals surface area contributed by atoms with Gasteiger partial charge in [-0.2, -0.15) is 0 Å². The lowest BCUT2D eigenvalue weighted by Crippen LogP contribution is -2.33. The van der Waals surface area contributed by atoms with Gasteiger partial charge in [0.05, 0.1) is 16.9 Å². The molecule has 0 saturated carbocycles. The van der Waals surface area contributed by atoms with E-state index in [1.54, 1.807) is 24.3 Å². The van der Waals surface area contributed by atoms with Crippen LogP contribution in [0.25, 0.3) is 0 Å². The first kappa shape index (κ1) is 33.0. The van der Waals surface area contributed by atoms with Crippen molar-refractivity contribution in [2.45, 2.75) is 51.3 Å². The zero-order valence-electron chi connectivity index (χ0n) is 22.2. The van der Waals surface area contributed by atoms with Crippen LogP contribution >= 0.6 is 0 Å². The second-order valence-electron chi connectivity index (χ2n) is 7.50. The average molecular weight is 536 g/mol. The summed E-state index contributed by atoms with van der Waals surface area (Å²) in [6.07, 6.45) is 0. The summed E-state index contributed by atoms with van der Waals surface area (Å²) < 4.78 is 54.2. The number of nitrogens with zero attached hydrogens (tertiary/aromatic N) is 1. The fourth-order valence-electron chi connectivity index (χ4n) is 2.48. The second-order valence-corrected chi connectivity index (χ2v) is 11.7. The van der Waals surface area contributed by atoms with E-state index in [9.17, 15) is 16.8 Å². The van der Waals surface area contributed by atoms with Crippen LogP contribution in [0.1, 0.15) is 36.1 Å². The second kappa shape index (κ2) is 15.9. The fourth-order valence-corrected chi connectivity index (χ4v) is 5.59. The number of methoxy groups -OCH3 is 1. The number of ether oxygens (including phenoxy) is 1. The van der Waals surface area contributed by atoms with Crippen LogP contribution in [-0.2, 0) is 29.6 Å². The molecule has 0 radical (unpaired) electrons. The summed E-state index contributed by atoms with van der Waals surface area (Å²) in [7, 11) is -5.89. The summed E-state index contributed by atoms with van der Waals surface area (Å²) in [5.41, 5.74) is 4.44. The molecule has 0 aliphatic rings. The highest BCUT2D eigenvalue weighted by Crippen LogP contribution is 2.23. The van der Waals surface area contributed by atoms with E-state index >= 15 is 0 Å². The van der Waals surface area contributed by atoms with E-state index in [1.165, 1.54) is 42.5 Å². The van der Waals surface area contributed by atoms with Crippen LogP contribution in [0.4, 0.5) is 0 Å². The Morgan fingerprint density at radius 3 is 0.972 bits per heavy atom. The Hall–Kier alpha value is -3.01. The summed E-state index contributed by atoms with van der Waals surface area (Å²) in [4.78, 5) is 8.83. The first-order valence-electron chi connectivity index (χ1n) is 11.2. The number of hydrogen-bond acceptors (Lipinski definition) is 6. The van der Waals surface area contributed by atoms with Crippen molar-refractivity contribution >= 4 is 26.5 Å². The van der Waals surface area contributed by atoms with Gasteiger partial charge in [-0.25, -0.2) is 16.8 Å². The van der Waals surface area contributed by atoms with Gasteiger partial charge in [-0.1, -0.05) is 88.3 Å². The van der Waals surface area contributed by atoms with E-state index in [0.717, 1.165) is 18.2 Å². The molecule has 3 aromatic rings. The Bertz CT molecular complexity index is 1150. The van der Waals surface area contributed by atoms with Gasteiger partial charge in [-0.05, 0) is 52.0 Å². The van der Waals surface area contributed by atoms with E-state index in [4.69, 9.17) is 4.79 Å². The van der Waals surface area contributed by atoms with Crippen molar-refractivity contribution in [3.63, 3.8) is 0 Å². The molecule has 0 unspecified atom stereocenters. The van der Waals surface area contributed by atoms with Gasteiger partial charge in [0.2, 0.25) is 0 Å². The van der Waals surface area contributed by atoms with Crippen LogP contribution in [0.3, 0.4) is 0 Å². The molecule has 7 nitrogen and oxygen atoms in total. The molecule has 3 aromatic carbocycles. The molecular formula is C27H37NO6S2. The van der Waals surface area contributed by atoms with Gasteiger partial charge < -0.3 is 4.74 Å². The zero-order valence-corrected chi connectivity index (χ0v) is 23.9. The van der Waals surface area contributed by atoms with Gasteiger partial charge in [0.25, 0.3) is 26.5 Å². The van der Waals surface area contributed by atoms with Crippen LogP contribution in [0, 0.1) is 27.7 Å². The number of benzene rings is 3. The van der Waals surface area contributed by atoms with Crippen LogP contribution in [0.15, 0.2) is 82.6 Å². The molecule has 0 fully saturated rings. The predicted molar refractivity (Wildman–Crippen MR) is 145 cm³/mol. The van der Waals surface area contributed by atoms with Crippen LogP contribution in [0.2, 0.25) is 0 Å². The standard InChI is InChI=1S/C15H17NO4S2.C8H10.C2H4O2.C2H6/c1-12-4-8-14(9-5-12)21(17,18)16(3)22(19,20)15-10-6-13(2)7-11-15;1-7-3-5-8(2)6-4-7;1-4-2-3;1-2/h4-11H,1-3H3;3-6H,1-2H3;2H,1H3;1-2H3. The molecule has 0 amide bonds. The maximum Gasteiger partial charge on any atom is 0.292 e. The normalized spacial score (nSPS) is 10.5. The lowest BCUT2D eigenvalue weighted by Gasteiger charge is -2.17. The topological polar surface area (TPSA) is 97.8 Å². The molecule has 0 atom stereocenters. The van der Waals surface area contributed by atoms with Gasteiger partial charge in [0, 0.05) is 7.05 Å². The van der Waals surface area contributed by atoms with Gasteiger partial charge in [-0.15, -0.1) is 0 Å². The summed E-state index contributed by atoms with van der Waals surface area (Å²) in [6, 6.07) is 20.6. The third kappa shape index (κ3) is 10.3. The highest BCUT2D eigenvalue weighted by atomic mass is 32.3. The summed E-state index contributed by atoms with van der Waals surface area (Å²) >= 11 is 0. The molecule has 0 aliphatic carbocycles. The van der Waals surface area contributed by atoms with E-state index in [2.05, 4.69) is 42.8 Å². The lowest BCUT2D eigenvalue weighted by molar-refractivity contribution is -0.126. The number of sulfonamides is 2. The summed E-state index contributed by atoms with van der Waals surface area (Å²) in [5.74, 6) is 0. The Balaban J connectivity index is 0.000000718. The lowest BCUT2D eigenvalue weighted by atomic mass is 10.2. The number of carbonyl (C=O) groups excluding carboxylic acids is 1. The molecule has 3 rings (SSSR count). The van der Waals surface area contributed by atoms with Crippen molar-refractivity contribution in [2.24, 2.45) is 0 Å². The van der Waals surface area contributed by atoms with Crippen molar-refractivity contribution in [1.29, 1.82) is 0 Å². The van der Waals surface area contributed by atoms with Gasteiger partial charge in [0.15, 0.2) is 0 Å². The maximum atomic E-state index is 12.5. The SMILES string of the molecule is CC.COC=O.Cc1ccc(C)cc1.Cc1ccc(S(=O)(=O)N(C)S(=O)(=O)c2ccc(C)cc2)cc1. The first-order chi connectivity index (χ1) is 16.9. The van der Waals surface area contributed by atoms with E-state index in [0.29, 0.717) is 10.2 Å². The average Bonchev–Trinajstić information content (AvgIpc) is 2.87. The highest BCUT2D eigenvalue weighted by molar-refractivity contribution is 8.04. The van der Waals surface area contributed by atoms with E-state index in [1.807, 2.05) is 27.7 Å². The molecule has 0 spiro atoms. The van der Waals surface area contributed by atoms with Crippen molar-refractivity contribution < 1.29 is 26.4 Å². The molecule has 9 heteroatoms. The van der Waals surface area contributed by atoms with Gasteiger partial charge in [0.1, 0.15) is 0 Å². The van der Waals surface area contributed by atoms with Gasteiger partial charge >= 0.3 is 0 Å². The fraction of sp³-hybridized carbons (Fsp3) is 0.296. The van der Waals surface area contributed by atoms with Gasteiger partial charge in [-0.3, -0.25) is 4.79 Å². The predicted octanol–water partition coefficient (Wildman–Crippen LogP) is 5.43. The maximum absolute atomic E-state index is 12.5. The van der Waals surface area contributed by atoms with E-state index in [-0.39, 0.29) is 9.79 Å². The van der Waals surface area contributed by atoms with Crippen molar-refractivity contribution in [1.82, 2.24) is 3.71 Å². The number of carbonyl (C=O) groups is 1. The summed E-state index contributed by atoms with van der Waals surface area (Å²) in [5, 5.41) is 0. The molecule has 0 bridgehead atoms. The van der Waals surface area contributed by atoms with E-state index < -0.39 is 20.0 Å². The molecule has 0 N–H and O–H groups in total. The molecule has 36 heavy (non-hydrogen) atoms. The van der Waals surface area contributed by atoms with Crippen molar-refractivity contribution in [3.8, 4) is 0 Å². The molecule has 0 aliphatic heterocycles. The number of aryl methyl sites for hydroxylation is 4. The smallest absolute Gasteiger partial charge is 0.292 e. The minimum absolute atomic E-state index is 0.0590. The van der Waals surface area contributed by atoms with Crippen LogP contribution in [0.5, 0.6) is 0 Å². The Morgan fingerprint density at radius 1 is 0.583 bits per heavy atom. The minimum atomic E-state index is -4.13. The van der Waals surface area contributed by atoms with Crippen molar-refractivity contribution in [3.05, 3.63) is 95.1 Å². The third-order valence-corrected chi connectivity index (χ3v) is 8.90. The Kier molecular flexibility index (Phi) is 14.5. The molecule has 0 aromatic heterocycles. The summed E-state index contributed by atoms with van der Waals surface area (Å²) in [6.45, 7) is 12.2. The molecule has 198 valence electrons. The monoisotopic (exact) mass is 535 g/mol. The van der Waals surface area contributed by atoms with Crippen LogP contribution < -0.4 is 0 Å². The Labute approximate surface area is 216 Å². The first-order valence-corrected chi connectivity index (χ1v) is 14.1. The van der Waals surface area contributed by atoms with Crippen LogP contribution in [-0.4, -0.2) is 41.2 Å². The number of hydrogen-bond donors (Lipinski definition) is 0. The quantitative estimate of drug-likeness (QED) is 0.404. The number of rotatable bonds is 5.